The zero-order valence-corrected chi connectivity index (χ0v) is 13.9. The van der Waals surface area contributed by atoms with Gasteiger partial charge < -0.3 is 10.2 Å². The van der Waals surface area contributed by atoms with Crippen molar-refractivity contribution >= 4 is 23.0 Å². The monoisotopic (exact) mass is 332 g/mol. The van der Waals surface area contributed by atoms with Gasteiger partial charge in [0.2, 0.25) is 0 Å². The Bertz CT molecular complexity index is 467. The molecule has 0 fully saturated rings. The van der Waals surface area contributed by atoms with Gasteiger partial charge in [-0.3, -0.25) is 0 Å². The van der Waals surface area contributed by atoms with Gasteiger partial charge in [0.05, 0.1) is 5.56 Å². The lowest BCUT2D eigenvalue weighted by Gasteiger charge is -2.26. The van der Waals surface area contributed by atoms with Crippen molar-refractivity contribution < 1.29 is 13.2 Å². The van der Waals surface area contributed by atoms with Crippen molar-refractivity contribution in [2.75, 3.05) is 18.4 Å². The predicted molar refractivity (Wildman–Crippen MR) is 89.1 cm³/mol. The lowest BCUT2D eigenvalue weighted by atomic mass is 10.2. The van der Waals surface area contributed by atoms with E-state index in [4.69, 9.17) is 12.2 Å². The SMILES string of the molecule is CCCCN(CCCC)C(=S)Nc1cccc(C(F)(F)F)c1. The molecular formula is C16H23F3N2S. The lowest BCUT2D eigenvalue weighted by Crippen LogP contribution is -2.36. The highest BCUT2D eigenvalue weighted by Crippen LogP contribution is 2.30. The quantitative estimate of drug-likeness (QED) is 0.682. The van der Waals surface area contributed by atoms with Crippen molar-refractivity contribution in [1.82, 2.24) is 4.90 Å². The van der Waals surface area contributed by atoms with Crippen LogP contribution in [0.5, 0.6) is 0 Å². The molecule has 2 nitrogen and oxygen atoms in total. The van der Waals surface area contributed by atoms with E-state index in [0.29, 0.717) is 10.8 Å². The van der Waals surface area contributed by atoms with Crippen molar-refractivity contribution in [2.24, 2.45) is 0 Å². The predicted octanol–water partition coefficient (Wildman–Crippen LogP) is 5.30. The summed E-state index contributed by atoms with van der Waals surface area (Å²) in [6.07, 6.45) is -0.227. The number of unbranched alkanes of at least 4 members (excludes halogenated alkanes) is 2. The number of nitrogens with zero attached hydrogens (tertiary/aromatic N) is 1. The Labute approximate surface area is 135 Å². The van der Waals surface area contributed by atoms with Gasteiger partial charge in [0.1, 0.15) is 0 Å². The summed E-state index contributed by atoms with van der Waals surface area (Å²) in [6.45, 7) is 5.84. The lowest BCUT2D eigenvalue weighted by molar-refractivity contribution is -0.137. The van der Waals surface area contributed by atoms with E-state index in [1.165, 1.54) is 6.07 Å². The summed E-state index contributed by atoms with van der Waals surface area (Å²) >= 11 is 5.35. The Morgan fingerprint density at radius 2 is 1.73 bits per heavy atom. The Kier molecular flexibility index (Phi) is 7.65. The zero-order chi connectivity index (χ0) is 16.6. The van der Waals surface area contributed by atoms with E-state index in [1.54, 1.807) is 6.07 Å². The summed E-state index contributed by atoms with van der Waals surface area (Å²) in [5.41, 5.74) is -0.299. The first-order chi connectivity index (χ1) is 10.4. The zero-order valence-electron chi connectivity index (χ0n) is 13.0. The van der Waals surface area contributed by atoms with Crippen molar-refractivity contribution in [1.29, 1.82) is 0 Å². The second-order valence-corrected chi connectivity index (χ2v) is 5.59. The number of benzene rings is 1. The maximum atomic E-state index is 12.7. The number of thiocarbonyl (C=S) groups is 1. The normalized spacial score (nSPS) is 11.3. The molecule has 6 heteroatoms. The van der Waals surface area contributed by atoms with Crippen LogP contribution in [0.25, 0.3) is 0 Å². The second-order valence-electron chi connectivity index (χ2n) is 5.20. The third-order valence-electron chi connectivity index (χ3n) is 3.29. The van der Waals surface area contributed by atoms with E-state index in [1.807, 2.05) is 4.90 Å². The molecular weight excluding hydrogens is 309 g/mol. The first-order valence-electron chi connectivity index (χ1n) is 7.61. The Balaban J connectivity index is 2.75. The molecule has 1 N–H and O–H groups in total. The van der Waals surface area contributed by atoms with Crippen LogP contribution < -0.4 is 5.32 Å². The van der Waals surface area contributed by atoms with Crippen LogP contribution in [-0.2, 0) is 6.18 Å². The van der Waals surface area contributed by atoms with Gasteiger partial charge in [-0.05, 0) is 43.3 Å². The van der Waals surface area contributed by atoms with Crippen LogP contribution in [-0.4, -0.2) is 23.1 Å². The highest BCUT2D eigenvalue weighted by atomic mass is 32.1. The van der Waals surface area contributed by atoms with Crippen LogP contribution in [0.4, 0.5) is 18.9 Å². The van der Waals surface area contributed by atoms with E-state index >= 15 is 0 Å². The topological polar surface area (TPSA) is 15.3 Å². The molecule has 0 unspecified atom stereocenters. The second kappa shape index (κ2) is 8.98. The maximum Gasteiger partial charge on any atom is 0.416 e. The molecule has 0 radical (unpaired) electrons. The van der Waals surface area contributed by atoms with Crippen LogP contribution in [0.1, 0.15) is 45.1 Å². The first-order valence-corrected chi connectivity index (χ1v) is 8.02. The third-order valence-corrected chi connectivity index (χ3v) is 3.65. The van der Waals surface area contributed by atoms with Crippen molar-refractivity contribution in [3.63, 3.8) is 0 Å². The summed E-state index contributed by atoms with van der Waals surface area (Å²) < 4.78 is 38.2. The average molecular weight is 332 g/mol. The minimum atomic E-state index is -4.34. The van der Waals surface area contributed by atoms with Gasteiger partial charge in [0, 0.05) is 18.8 Å². The van der Waals surface area contributed by atoms with Crippen LogP contribution in [0.3, 0.4) is 0 Å². The molecule has 0 amide bonds. The Morgan fingerprint density at radius 3 is 2.23 bits per heavy atom. The van der Waals surface area contributed by atoms with Crippen LogP contribution in [0, 0.1) is 0 Å². The van der Waals surface area contributed by atoms with Crippen LogP contribution >= 0.6 is 12.2 Å². The summed E-state index contributed by atoms with van der Waals surface area (Å²) in [7, 11) is 0. The molecule has 0 aliphatic heterocycles. The van der Waals surface area contributed by atoms with Gasteiger partial charge in [-0.1, -0.05) is 32.8 Å². The van der Waals surface area contributed by atoms with E-state index in [2.05, 4.69) is 19.2 Å². The molecule has 0 spiro atoms. The largest absolute Gasteiger partial charge is 0.416 e. The molecule has 0 saturated heterocycles. The molecule has 0 aliphatic rings. The van der Waals surface area contributed by atoms with Gasteiger partial charge in [-0.15, -0.1) is 0 Å². The Hall–Kier alpha value is -1.30. The summed E-state index contributed by atoms with van der Waals surface area (Å²) in [5.74, 6) is 0. The molecule has 0 heterocycles. The Morgan fingerprint density at radius 1 is 1.14 bits per heavy atom. The standard InChI is InChI=1S/C16H23F3N2S/c1-3-5-10-21(11-6-4-2)15(22)20-14-9-7-8-13(12-14)16(17,18)19/h7-9,12H,3-6,10-11H2,1-2H3,(H,20,22). The van der Waals surface area contributed by atoms with Crippen LogP contribution in [0.2, 0.25) is 0 Å². The molecule has 124 valence electrons. The highest BCUT2D eigenvalue weighted by molar-refractivity contribution is 7.80. The average Bonchev–Trinajstić information content (AvgIpc) is 2.46. The van der Waals surface area contributed by atoms with Crippen LogP contribution in [0.15, 0.2) is 24.3 Å². The molecule has 1 aromatic rings. The number of alkyl halides is 3. The molecule has 0 aliphatic carbocycles. The summed E-state index contributed by atoms with van der Waals surface area (Å²) in [4.78, 5) is 2.03. The number of hydrogen-bond acceptors (Lipinski definition) is 1. The van der Waals surface area contributed by atoms with E-state index in [0.717, 1.165) is 50.9 Å². The number of anilines is 1. The molecule has 0 atom stereocenters. The molecule has 0 bridgehead atoms. The molecule has 22 heavy (non-hydrogen) atoms. The highest BCUT2D eigenvalue weighted by Gasteiger charge is 2.30. The van der Waals surface area contributed by atoms with Gasteiger partial charge in [-0.25, -0.2) is 0 Å². The number of nitrogens with one attached hydrogen (secondary N) is 1. The fourth-order valence-corrected chi connectivity index (χ4v) is 2.29. The molecule has 0 aromatic heterocycles. The first kappa shape index (κ1) is 18.7. The minimum absolute atomic E-state index is 0.373. The smallest absolute Gasteiger partial charge is 0.349 e. The number of hydrogen-bond donors (Lipinski definition) is 1. The van der Waals surface area contributed by atoms with Gasteiger partial charge in [0.25, 0.3) is 0 Å². The number of halogens is 3. The molecule has 0 saturated carbocycles. The fraction of sp³-hybridized carbons (Fsp3) is 0.562. The van der Waals surface area contributed by atoms with Crippen molar-refractivity contribution in [3.05, 3.63) is 29.8 Å². The van der Waals surface area contributed by atoms with Crippen molar-refractivity contribution in [3.8, 4) is 0 Å². The minimum Gasteiger partial charge on any atom is -0.349 e. The fourth-order valence-electron chi connectivity index (χ4n) is 1.99. The van der Waals surface area contributed by atoms with Gasteiger partial charge in [0.15, 0.2) is 5.11 Å². The third kappa shape index (κ3) is 6.22. The number of rotatable bonds is 7. The van der Waals surface area contributed by atoms with Crippen molar-refractivity contribution in [2.45, 2.75) is 45.7 Å². The van der Waals surface area contributed by atoms with Gasteiger partial charge >= 0.3 is 6.18 Å². The summed E-state index contributed by atoms with van der Waals surface area (Å²) in [5, 5.41) is 3.42. The van der Waals surface area contributed by atoms with E-state index < -0.39 is 11.7 Å². The van der Waals surface area contributed by atoms with E-state index in [9.17, 15) is 13.2 Å². The summed E-state index contributed by atoms with van der Waals surface area (Å²) in [6, 6.07) is 5.12. The van der Waals surface area contributed by atoms with Gasteiger partial charge in [-0.2, -0.15) is 13.2 Å². The molecule has 1 aromatic carbocycles. The van der Waals surface area contributed by atoms with E-state index in [-0.39, 0.29) is 0 Å². The molecule has 1 rings (SSSR count). The maximum absolute atomic E-state index is 12.7.